The van der Waals surface area contributed by atoms with Crippen LogP contribution in [0.1, 0.15) is 12.5 Å². The van der Waals surface area contributed by atoms with E-state index in [0.29, 0.717) is 21.7 Å². The molecule has 0 fully saturated rings. The van der Waals surface area contributed by atoms with Gasteiger partial charge in [0, 0.05) is 34.2 Å². The normalized spacial score (nSPS) is 11.4. The number of halogens is 1. The van der Waals surface area contributed by atoms with Crippen molar-refractivity contribution in [2.45, 2.75) is 12.1 Å². The van der Waals surface area contributed by atoms with E-state index in [1.165, 1.54) is 11.8 Å². The molecular weight excluding hydrogens is 444 g/mol. The molecule has 4 rings (SSSR count). The molecule has 0 unspecified atom stereocenters. The van der Waals surface area contributed by atoms with Crippen molar-refractivity contribution in [1.82, 2.24) is 25.2 Å². The van der Waals surface area contributed by atoms with Crippen molar-refractivity contribution in [1.29, 1.82) is 0 Å². The summed E-state index contributed by atoms with van der Waals surface area (Å²) >= 11 is 7.32. The molecule has 2 heterocycles. The van der Waals surface area contributed by atoms with Crippen molar-refractivity contribution in [2.24, 2.45) is 5.10 Å². The van der Waals surface area contributed by atoms with Crippen LogP contribution in [0.2, 0.25) is 5.02 Å². The van der Waals surface area contributed by atoms with Gasteiger partial charge in [-0.3, -0.25) is 14.3 Å². The number of pyridine rings is 1. The molecule has 0 bridgehead atoms. The van der Waals surface area contributed by atoms with E-state index in [1.54, 1.807) is 12.4 Å². The van der Waals surface area contributed by atoms with Gasteiger partial charge in [-0.15, -0.1) is 10.2 Å². The summed E-state index contributed by atoms with van der Waals surface area (Å²) in [5.74, 6) is 0.560. The lowest BCUT2D eigenvalue weighted by Crippen LogP contribution is -2.21. The smallest absolute Gasteiger partial charge is 0.250 e. The van der Waals surface area contributed by atoms with Gasteiger partial charge in [-0.2, -0.15) is 5.10 Å². The van der Waals surface area contributed by atoms with Crippen molar-refractivity contribution < 1.29 is 4.79 Å². The number of aromatic nitrogens is 4. The first-order chi connectivity index (χ1) is 15.6. The second-order valence-electron chi connectivity index (χ2n) is 6.75. The monoisotopic (exact) mass is 462 g/mol. The quantitative estimate of drug-likeness (QED) is 0.246. The minimum Gasteiger partial charge on any atom is -0.272 e. The van der Waals surface area contributed by atoms with E-state index >= 15 is 0 Å². The fraction of sp³-hybridized carbons (Fsp3) is 0.0870. The van der Waals surface area contributed by atoms with Crippen LogP contribution in [0.25, 0.3) is 17.1 Å². The van der Waals surface area contributed by atoms with Gasteiger partial charge >= 0.3 is 0 Å². The molecular formula is C23H19ClN6OS. The molecule has 0 aliphatic carbocycles. The number of hydrogen-bond acceptors (Lipinski definition) is 6. The van der Waals surface area contributed by atoms with Crippen LogP contribution in [0.5, 0.6) is 0 Å². The number of carbonyl (C=O) groups is 1. The molecule has 7 nitrogen and oxygen atoms in total. The Morgan fingerprint density at radius 2 is 1.84 bits per heavy atom. The average Bonchev–Trinajstić information content (AvgIpc) is 3.26. The molecule has 32 heavy (non-hydrogen) atoms. The Labute approximate surface area is 194 Å². The summed E-state index contributed by atoms with van der Waals surface area (Å²) in [5.41, 5.74) is 5.88. The van der Waals surface area contributed by atoms with Crippen molar-refractivity contribution >= 4 is 35.0 Å². The van der Waals surface area contributed by atoms with Crippen LogP contribution >= 0.6 is 23.4 Å². The van der Waals surface area contributed by atoms with Gasteiger partial charge in [-0.1, -0.05) is 47.6 Å². The third-order valence-electron chi connectivity index (χ3n) is 4.51. The Hall–Kier alpha value is -3.49. The van der Waals surface area contributed by atoms with E-state index in [9.17, 15) is 4.79 Å². The molecule has 160 valence electrons. The first-order valence-corrected chi connectivity index (χ1v) is 11.1. The molecule has 1 amide bonds. The van der Waals surface area contributed by atoms with E-state index in [4.69, 9.17) is 11.6 Å². The minimum atomic E-state index is -0.242. The third kappa shape index (κ3) is 5.22. The summed E-state index contributed by atoms with van der Waals surface area (Å²) in [6.45, 7) is 1.81. The summed E-state index contributed by atoms with van der Waals surface area (Å²) in [7, 11) is 0. The molecule has 0 spiro atoms. The van der Waals surface area contributed by atoms with Crippen LogP contribution in [-0.2, 0) is 4.79 Å². The lowest BCUT2D eigenvalue weighted by molar-refractivity contribution is -0.118. The first-order valence-electron chi connectivity index (χ1n) is 9.75. The highest BCUT2D eigenvalue weighted by Crippen LogP contribution is 2.28. The fourth-order valence-corrected chi connectivity index (χ4v) is 3.78. The Morgan fingerprint density at radius 1 is 1.06 bits per heavy atom. The number of nitrogens with one attached hydrogen (secondary N) is 1. The summed E-state index contributed by atoms with van der Waals surface area (Å²) in [4.78, 5) is 16.4. The Balaban J connectivity index is 1.52. The van der Waals surface area contributed by atoms with E-state index in [1.807, 2.05) is 78.2 Å². The molecule has 2 aromatic heterocycles. The molecule has 0 saturated carbocycles. The zero-order valence-corrected chi connectivity index (χ0v) is 18.7. The van der Waals surface area contributed by atoms with E-state index in [2.05, 4.69) is 25.7 Å². The van der Waals surface area contributed by atoms with Gasteiger partial charge in [0.25, 0.3) is 5.91 Å². The first kappa shape index (κ1) is 21.7. The number of amides is 1. The number of hydrogen-bond donors (Lipinski definition) is 1. The average molecular weight is 463 g/mol. The van der Waals surface area contributed by atoms with Crippen LogP contribution in [0.4, 0.5) is 0 Å². The second kappa shape index (κ2) is 10.2. The fourth-order valence-electron chi connectivity index (χ4n) is 2.91. The lowest BCUT2D eigenvalue weighted by atomic mass is 10.2. The number of thioether (sulfide) groups is 1. The highest BCUT2D eigenvalue weighted by atomic mass is 35.5. The van der Waals surface area contributed by atoms with Crippen LogP contribution < -0.4 is 5.43 Å². The van der Waals surface area contributed by atoms with E-state index in [0.717, 1.165) is 16.8 Å². The number of carbonyl (C=O) groups excluding carboxylic acids is 1. The van der Waals surface area contributed by atoms with E-state index in [-0.39, 0.29) is 11.7 Å². The third-order valence-corrected chi connectivity index (χ3v) is 5.69. The summed E-state index contributed by atoms with van der Waals surface area (Å²) in [6.07, 6.45) is 3.38. The SMILES string of the molecule is C/C(=N\NC(=O)CSc1nnc(-c2ccc(Cl)cc2)n1-c1ccccc1)c1cccnc1. The number of benzene rings is 2. The molecule has 1 N–H and O–H groups in total. The van der Waals surface area contributed by atoms with Crippen LogP contribution in [0.3, 0.4) is 0 Å². The second-order valence-corrected chi connectivity index (χ2v) is 8.13. The topological polar surface area (TPSA) is 85.1 Å². The van der Waals surface area contributed by atoms with Crippen molar-refractivity contribution in [3.05, 3.63) is 89.7 Å². The number of para-hydroxylation sites is 1. The molecule has 4 aromatic rings. The van der Waals surface area contributed by atoms with Crippen molar-refractivity contribution in [2.75, 3.05) is 5.75 Å². The maximum atomic E-state index is 12.4. The Morgan fingerprint density at radius 3 is 2.56 bits per heavy atom. The molecule has 0 aliphatic heterocycles. The molecule has 0 atom stereocenters. The standard InChI is InChI=1S/C23H19ClN6OS/c1-16(18-6-5-13-25-14-18)26-27-21(31)15-32-23-29-28-22(17-9-11-19(24)12-10-17)30(23)20-7-3-2-4-8-20/h2-14H,15H2,1H3,(H,27,31)/b26-16+. The van der Waals surface area contributed by atoms with E-state index < -0.39 is 0 Å². The maximum absolute atomic E-state index is 12.4. The minimum absolute atomic E-state index is 0.134. The highest BCUT2D eigenvalue weighted by Gasteiger charge is 2.17. The molecule has 0 aliphatic rings. The Kier molecular flexibility index (Phi) is 6.94. The van der Waals surface area contributed by atoms with Gasteiger partial charge in [-0.05, 0) is 49.4 Å². The summed E-state index contributed by atoms with van der Waals surface area (Å²) < 4.78 is 1.92. The van der Waals surface area contributed by atoms with Gasteiger partial charge < -0.3 is 0 Å². The lowest BCUT2D eigenvalue weighted by Gasteiger charge is -2.10. The van der Waals surface area contributed by atoms with Gasteiger partial charge in [0.2, 0.25) is 0 Å². The number of hydrazone groups is 1. The number of nitrogens with zero attached hydrogens (tertiary/aromatic N) is 5. The predicted molar refractivity (Wildman–Crippen MR) is 127 cm³/mol. The molecule has 0 saturated heterocycles. The van der Waals surface area contributed by atoms with Gasteiger partial charge in [0.05, 0.1) is 11.5 Å². The largest absolute Gasteiger partial charge is 0.272 e. The maximum Gasteiger partial charge on any atom is 0.250 e. The summed E-state index contributed by atoms with van der Waals surface area (Å²) in [5, 5.41) is 14.1. The van der Waals surface area contributed by atoms with Crippen LogP contribution in [0, 0.1) is 0 Å². The van der Waals surface area contributed by atoms with Crippen LogP contribution in [-0.4, -0.2) is 37.1 Å². The van der Waals surface area contributed by atoms with Gasteiger partial charge in [0.1, 0.15) is 0 Å². The molecule has 0 radical (unpaired) electrons. The Bertz CT molecular complexity index is 1230. The zero-order valence-electron chi connectivity index (χ0n) is 17.1. The van der Waals surface area contributed by atoms with Crippen LogP contribution in [0.15, 0.2) is 89.4 Å². The molecule has 9 heteroatoms. The van der Waals surface area contributed by atoms with Gasteiger partial charge in [-0.25, -0.2) is 5.43 Å². The number of rotatable bonds is 7. The van der Waals surface area contributed by atoms with Crippen molar-refractivity contribution in [3.8, 4) is 17.1 Å². The highest BCUT2D eigenvalue weighted by molar-refractivity contribution is 7.99. The summed E-state index contributed by atoms with van der Waals surface area (Å²) in [6, 6.07) is 20.9. The van der Waals surface area contributed by atoms with Crippen molar-refractivity contribution in [3.63, 3.8) is 0 Å². The van der Waals surface area contributed by atoms with Gasteiger partial charge in [0.15, 0.2) is 11.0 Å². The zero-order chi connectivity index (χ0) is 22.3. The molecule has 2 aromatic carbocycles. The predicted octanol–water partition coefficient (Wildman–Crippen LogP) is 4.62.